The Hall–Kier alpha value is -1.85. The van der Waals surface area contributed by atoms with Crippen LogP contribution < -0.4 is 0 Å². The van der Waals surface area contributed by atoms with Gasteiger partial charge in [0.05, 0.1) is 12.1 Å². The van der Waals surface area contributed by atoms with Crippen molar-refractivity contribution in [2.75, 3.05) is 6.54 Å². The lowest BCUT2D eigenvalue weighted by molar-refractivity contribution is -0.137. The number of carbonyl (C=O) groups excluding carboxylic acids is 1. The lowest BCUT2D eigenvalue weighted by Crippen LogP contribution is -2.39. The van der Waals surface area contributed by atoms with Gasteiger partial charge in [-0.3, -0.25) is 14.3 Å². The molecule has 1 heterocycles. The fourth-order valence-electron chi connectivity index (χ4n) is 1.86. The standard InChI is InChI=1S/C13H21N3O3/c1-5-10-8-11(15(4)14-10)13(19)16(9(2)3)7-6-12(17)18/h8-9H,5-7H2,1-4H3,(H,17,18). The van der Waals surface area contributed by atoms with E-state index < -0.39 is 5.97 Å². The van der Waals surface area contributed by atoms with Crippen LogP contribution in [0.3, 0.4) is 0 Å². The molecule has 19 heavy (non-hydrogen) atoms. The molecule has 1 amide bonds. The van der Waals surface area contributed by atoms with Crippen molar-refractivity contribution in [3.8, 4) is 0 Å². The molecule has 0 aliphatic heterocycles. The zero-order chi connectivity index (χ0) is 14.6. The molecule has 0 saturated carbocycles. The van der Waals surface area contributed by atoms with Crippen LogP contribution in [0.4, 0.5) is 0 Å². The number of amides is 1. The van der Waals surface area contributed by atoms with Crippen LogP contribution in [0.15, 0.2) is 6.07 Å². The molecule has 0 bridgehead atoms. The van der Waals surface area contributed by atoms with Crippen LogP contribution in [0, 0.1) is 0 Å². The van der Waals surface area contributed by atoms with Gasteiger partial charge in [-0.15, -0.1) is 0 Å². The summed E-state index contributed by atoms with van der Waals surface area (Å²) in [6, 6.07) is 1.71. The third-order valence-corrected chi connectivity index (χ3v) is 2.96. The number of aryl methyl sites for hydroxylation is 2. The van der Waals surface area contributed by atoms with Crippen molar-refractivity contribution in [3.05, 3.63) is 17.5 Å². The SMILES string of the molecule is CCc1cc(C(=O)N(CCC(=O)O)C(C)C)n(C)n1. The molecule has 0 fully saturated rings. The van der Waals surface area contributed by atoms with Crippen LogP contribution in [0.25, 0.3) is 0 Å². The molecule has 6 nitrogen and oxygen atoms in total. The summed E-state index contributed by atoms with van der Waals surface area (Å²) in [5, 5.41) is 13.0. The van der Waals surface area contributed by atoms with Gasteiger partial charge in [0.2, 0.25) is 0 Å². The summed E-state index contributed by atoms with van der Waals surface area (Å²) >= 11 is 0. The third kappa shape index (κ3) is 3.81. The van der Waals surface area contributed by atoms with E-state index in [1.807, 2.05) is 20.8 Å². The molecule has 1 rings (SSSR count). The summed E-state index contributed by atoms with van der Waals surface area (Å²) in [6.45, 7) is 5.92. The van der Waals surface area contributed by atoms with E-state index in [-0.39, 0.29) is 24.9 Å². The molecule has 0 radical (unpaired) electrons. The number of aromatic nitrogens is 2. The van der Waals surface area contributed by atoms with Crippen LogP contribution in [0.1, 0.15) is 43.4 Å². The van der Waals surface area contributed by atoms with Gasteiger partial charge >= 0.3 is 5.97 Å². The molecule has 6 heteroatoms. The molecule has 0 aliphatic rings. The summed E-state index contributed by atoms with van der Waals surface area (Å²) in [7, 11) is 1.72. The first-order chi connectivity index (χ1) is 8.86. The van der Waals surface area contributed by atoms with Gasteiger partial charge in [0.25, 0.3) is 5.91 Å². The maximum atomic E-state index is 12.4. The maximum absolute atomic E-state index is 12.4. The Labute approximate surface area is 113 Å². The number of aliphatic carboxylic acids is 1. The third-order valence-electron chi connectivity index (χ3n) is 2.96. The largest absolute Gasteiger partial charge is 0.481 e. The first-order valence-corrected chi connectivity index (χ1v) is 6.42. The number of hydrogen-bond acceptors (Lipinski definition) is 3. The van der Waals surface area contributed by atoms with Crippen molar-refractivity contribution in [1.29, 1.82) is 0 Å². The minimum Gasteiger partial charge on any atom is -0.481 e. The Morgan fingerprint density at radius 2 is 2.11 bits per heavy atom. The van der Waals surface area contributed by atoms with Crippen molar-refractivity contribution >= 4 is 11.9 Å². The molecule has 0 spiro atoms. The van der Waals surface area contributed by atoms with Crippen molar-refractivity contribution in [2.45, 2.75) is 39.7 Å². The number of carboxylic acid groups (broad SMARTS) is 1. The normalized spacial score (nSPS) is 10.8. The number of carboxylic acids is 1. The second-order valence-corrected chi connectivity index (χ2v) is 4.73. The summed E-state index contributed by atoms with van der Waals surface area (Å²) in [5.74, 6) is -1.08. The van der Waals surface area contributed by atoms with Crippen LogP contribution >= 0.6 is 0 Å². The van der Waals surface area contributed by atoms with Gasteiger partial charge in [-0.1, -0.05) is 6.92 Å². The Morgan fingerprint density at radius 1 is 1.47 bits per heavy atom. The highest BCUT2D eigenvalue weighted by atomic mass is 16.4. The van der Waals surface area contributed by atoms with Crippen LogP contribution in [0.5, 0.6) is 0 Å². The van der Waals surface area contributed by atoms with Gasteiger partial charge < -0.3 is 10.0 Å². The van der Waals surface area contributed by atoms with E-state index in [1.54, 1.807) is 22.7 Å². The fraction of sp³-hybridized carbons (Fsp3) is 0.615. The fourth-order valence-corrected chi connectivity index (χ4v) is 1.86. The zero-order valence-electron chi connectivity index (χ0n) is 11.9. The van der Waals surface area contributed by atoms with Gasteiger partial charge in [0, 0.05) is 19.6 Å². The highest BCUT2D eigenvalue weighted by Crippen LogP contribution is 2.11. The molecule has 0 aliphatic carbocycles. The second kappa shape index (κ2) is 6.36. The molecule has 1 N–H and O–H groups in total. The second-order valence-electron chi connectivity index (χ2n) is 4.73. The summed E-state index contributed by atoms with van der Waals surface area (Å²) < 4.78 is 1.55. The summed E-state index contributed by atoms with van der Waals surface area (Å²) in [6.07, 6.45) is 0.709. The topological polar surface area (TPSA) is 75.4 Å². The van der Waals surface area contributed by atoms with E-state index in [1.165, 1.54) is 0 Å². The van der Waals surface area contributed by atoms with Gasteiger partial charge in [-0.2, -0.15) is 5.10 Å². The van der Waals surface area contributed by atoms with E-state index in [2.05, 4.69) is 5.10 Å². The minimum atomic E-state index is -0.905. The first-order valence-electron chi connectivity index (χ1n) is 6.42. The highest BCUT2D eigenvalue weighted by Gasteiger charge is 2.22. The van der Waals surface area contributed by atoms with E-state index in [0.29, 0.717) is 5.69 Å². The lowest BCUT2D eigenvalue weighted by atomic mass is 10.2. The molecule has 0 unspecified atom stereocenters. The molecule has 0 aromatic carbocycles. The van der Waals surface area contributed by atoms with Crippen molar-refractivity contribution < 1.29 is 14.7 Å². The molecule has 1 aromatic rings. The predicted molar refractivity (Wildman–Crippen MR) is 71.0 cm³/mol. The lowest BCUT2D eigenvalue weighted by Gasteiger charge is -2.26. The van der Waals surface area contributed by atoms with E-state index in [0.717, 1.165) is 12.1 Å². The number of carbonyl (C=O) groups is 2. The van der Waals surface area contributed by atoms with Crippen molar-refractivity contribution in [3.63, 3.8) is 0 Å². The van der Waals surface area contributed by atoms with E-state index in [4.69, 9.17) is 5.11 Å². The average molecular weight is 267 g/mol. The molecular weight excluding hydrogens is 246 g/mol. The van der Waals surface area contributed by atoms with E-state index in [9.17, 15) is 9.59 Å². The van der Waals surface area contributed by atoms with Gasteiger partial charge in [-0.25, -0.2) is 0 Å². The highest BCUT2D eigenvalue weighted by molar-refractivity contribution is 5.93. The Morgan fingerprint density at radius 3 is 2.53 bits per heavy atom. The monoisotopic (exact) mass is 267 g/mol. The summed E-state index contributed by atoms with van der Waals surface area (Å²) in [5.41, 5.74) is 1.35. The minimum absolute atomic E-state index is 0.0492. The Bertz CT molecular complexity index is 466. The Kier molecular flexibility index (Phi) is 5.09. The number of nitrogens with zero attached hydrogens (tertiary/aromatic N) is 3. The Balaban J connectivity index is 2.92. The van der Waals surface area contributed by atoms with Gasteiger partial charge in [-0.05, 0) is 26.3 Å². The maximum Gasteiger partial charge on any atom is 0.305 e. The molecule has 0 atom stereocenters. The molecule has 106 valence electrons. The van der Waals surface area contributed by atoms with Crippen LogP contribution in [0.2, 0.25) is 0 Å². The quantitative estimate of drug-likeness (QED) is 0.843. The zero-order valence-corrected chi connectivity index (χ0v) is 11.9. The number of rotatable bonds is 6. The van der Waals surface area contributed by atoms with Crippen LogP contribution in [-0.2, 0) is 18.3 Å². The first kappa shape index (κ1) is 15.2. The van der Waals surface area contributed by atoms with Gasteiger partial charge in [0.1, 0.15) is 5.69 Å². The van der Waals surface area contributed by atoms with Crippen molar-refractivity contribution in [1.82, 2.24) is 14.7 Å². The molecule has 1 aromatic heterocycles. The summed E-state index contributed by atoms with van der Waals surface area (Å²) in [4.78, 5) is 24.6. The smallest absolute Gasteiger partial charge is 0.305 e. The predicted octanol–water partition coefficient (Wildman–Crippen LogP) is 1.31. The van der Waals surface area contributed by atoms with Gasteiger partial charge in [0.15, 0.2) is 0 Å². The average Bonchev–Trinajstić information content (AvgIpc) is 2.69. The molecular formula is C13H21N3O3. The number of hydrogen-bond donors (Lipinski definition) is 1. The van der Waals surface area contributed by atoms with Crippen LogP contribution in [-0.4, -0.2) is 44.3 Å². The van der Waals surface area contributed by atoms with E-state index >= 15 is 0 Å². The molecule has 0 saturated heterocycles. The van der Waals surface area contributed by atoms with Crippen molar-refractivity contribution in [2.24, 2.45) is 7.05 Å².